The number of carbonyl (C=O) groups is 1. The second-order valence-corrected chi connectivity index (χ2v) is 9.35. The van der Waals surface area contributed by atoms with Gasteiger partial charge in [-0.1, -0.05) is 50.2 Å². The first-order valence-electron chi connectivity index (χ1n) is 10.7. The minimum Gasteiger partial charge on any atom is -0.426 e. The Bertz CT molecular complexity index is 851. The van der Waals surface area contributed by atoms with E-state index in [9.17, 15) is 9.36 Å². The molecule has 1 unspecified atom stereocenters. The maximum absolute atomic E-state index is 12.5. The Hall–Kier alpha value is -1.98. The van der Waals surface area contributed by atoms with Crippen LogP contribution in [0.2, 0.25) is 0 Å². The van der Waals surface area contributed by atoms with Gasteiger partial charge in [-0.25, -0.2) is 4.57 Å². The molecule has 6 nitrogen and oxygen atoms in total. The molecule has 0 bridgehead atoms. The zero-order valence-electron chi connectivity index (χ0n) is 19.0. The zero-order chi connectivity index (χ0) is 22.9. The van der Waals surface area contributed by atoms with E-state index in [0.29, 0.717) is 11.7 Å². The van der Waals surface area contributed by atoms with Gasteiger partial charge in [0.25, 0.3) is 0 Å². The minimum absolute atomic E-state index is 0.0602. The number of phosphoric ester groups is 1. The summed E-state index contributed by atoms with van der Waals surface area (Å²) in [5, 5.41) is 0. The quantitative estimate of drug-likeness (QED) is 0.216. The number of hydrogen-bond acceptors (Lipinski definition) is 6. The average Bonchev–Trinajstić information content (AvgIpc) is 2.73. The van der Waals surface area contributed by atoms with Crippen molar-refractivity contribution in [3.8, 4) is 5.75 Å². The van der Waals surface area contributed by atoms with Crippen LogP contribution in [0.25, 0.3) is 0 Å². The lowest BCUT2D eigenvalue weighted by atomic mass is 9.97. The largest absolute Gasteiger partial charge is 0.475 e. The summed E-state index contributed by atoms with van der Waals surface area (Å²) in [4.78, 5) is 12.5. The molecule has 7 heteroatoms. The van der Waals surface area contributed by atoms with Gasteiger partial charge >= 0.3 is 13.8 Å². The number of esters is 1. The van der Waals surface area contributed by atoms with E-state index in [0.717, 1.165) is 17.5 Å². The van der Waals surface area contributed by atoms with E-state index in [1.54, 1.807) is 38.1 Å². The molecule has 0 aliphatic carbocycles. The van der Waals surface area contributed by atoms with Crippen LogP contribution in [0.5, 0.6) is 5.75 Å². The van der Waals surface area contributed by atoms with Crippen molar-refractivity contribution >= 4 is 13.8 Å². The molecule has 2 aromatic rings. The molecule has 0 N–H and O–H groups in total. The highest BCUT2D eigenvalue weighted by molar-refractivity contribution is 7.48. The predicted molar refractivity (Wildman–Crippen MR) is 121 cm³/mol. The molecule has 31 heavy (non-hydrogen) atoms. The number of ether oxygens (including phenoxy) is 1. The van der Waals surface area contributed by atoms with Crippen molar-refractivity contribution in [3.63, 3.8) is 0 Å². The zero-order valence-corrected chi connectivity index (χ0v) is 19.9. The second kappa shape index (κ2) is 12.2. The number of carbonyl (C=O) groups excluding carboxylic acids is 1. The van der Waals surface area contributed by atoms with Crippen LogP contribution >= 0.6 is 7.82 Å². The molecule has 0 radical (unpaired) electrons. The molecular weight excluding hydrogens is 415 g/mol. The lowest BCUT2D eigenvalue weighted by molar-refractivity contribution is -0.135. The van der Waals surface area contributed by atoms with E-state index in [1.165, 1.54) is 5.56 Å². The highest BCUT2D eigenvalue weighted by Gasteiger charge is 2.25. The Balaban J connectivity index is 1.93. The van der Waals surface area contributed by atoms with Crippen LogP contribution in [-0.4, -0.2) is 19.2 Å². The summed E-state index contributed by atoms with van der Waals surface area (Å²) in [6, 6.07) is 15.0. The summed E-state index contributed by atoms with van der Waals surface area (Å²) in [5.41, 5.74) is 2.94. The fourth-order valence-corrected chi connectivity index (χ4v) is 4.15. The predicted octanol–water partition coefficient (Wildman–Crippen LogP) is 6.29. The van der Waals surface area contributed by atoms with E-state index >= 15 is 0 Å². The number of phosphoric acid groups is 1. The fourth-order valence-electron chi connectivity index (χ4n) is 2.99. The molecule has 0 aromatic heterocycles. The van der Waals surface area contributed by atoms with Crippen LogP contribution in [0.1, 0.15) is 57.2 Å². The van der Waals surface area contributed by atoms with Crippen LogP contribution in [0.15, 0.2) is 48.5 Å². The lowest BCUT2D eigenvalue weighted by Gasteiger charge is -2.16. The molecule has 0 aliphatic heterocycles. The molecule has 0 saturated heterocycles. The number of hydrogen-bond donors (Lipinski definition) is 0. The van der Waals surface area contributed by atoms with E-state index < -0.39 is 7.82 Å². The third-order valence-corrected chi connectivity index (χ3v) is 6.18. The number of rotatable bonds is 12. The third-order valence-electron chi connectivity index (χ3n) is 4.58. The smallest absolute Gasteiger partial charge is 0.426 e. The van der Waals surface area contributed by atoms with Gasteiger partial charge in [0.1, 0.15) is 5.75 Å². The van der Waals surface area contributed by atoms with E-state index in [-0.39, 0.29) is 31.7 Å². The SMILES string of the molecule is CCOP(=O)(OCC)OCc1ccc(OC(=O)C(C)c2ccc(CC(C)C)cc2)cc1. The molecule has 0 aliphatic rings. The summed E-state index contributed by atoms with van der Waals surface area (Å²) >= 11 is 0. The Kier molecular flexibility index (Phi) is 9.92. The second-order valence-electron chi connectivity index (χ2n) is 7.68. The van der Waals surface area contributed by atoms with Gasteiger partial charge in [0.15, 0.2) is 0 Å². The van der Waals surface area contributed by atoms with E-state index in [2.05, 4.69) is 26.0 Å². The molecule has 170 valence electrons. The van der Waals surface area contributed by atoms with Gasteiger partial charge in [-0.2, -0.15) is 0 Å². The summed E-state index contributed by atoms with van der Waals surface area (Å²) < 4.78 is 33.4. The van der Waals surface area contributed by atoms with Crippen molar-refractivity contribution in [1.82, 2.24) is 0 Å². The molecule has 0 amide bonds. The standard InChI is InChI=1S/C24H33O6P/c1-6-27-31(26,28-7-2)29-17-21-10-14-23(15-11-21)30-24(25)19(5)22-12-8-20(9-13-22)16-18(3)4/h8-15,18-19H,6-7,16-17H2,1-5H3. The average molecular weight is 448 g/mol. The Morgan fingerprint density at radius 2 is 1.39 bits per heavy atom. The normalized spacial score (nSPS) is 12.7. The molecule has 0 saturated carbocycles. The van der Waals surface area contributed by atoms with Crippen molar-refractivity contribution in [2.75, 3.05) is 13.2 Å². The van der Waals surface area contributed by atoms with Gasteiger partial charge in [0.2, 0.25) is 0 Å². The summed E-state index contributed by atoms with van der Waals surface area (Å²) in [7, 11) is -3.56. The summed E-state index contributed by atoms with van der Waals surface area (Å²) in [5.74, 6) is 0.332. The van der Waals surface area contributed by atoms with Gasteiger partial charge < -0.3 is 4.74 Å². The highest BCUT2D eigenvalue weighted by Crippen LogP contribution is 2.49. The third kappa shape index (κ3) is 8.23. The highest BCUT2D eigenvalue weighted by atomic mass is 31.2. The van der Waals surface area contributed by atoms with Crippen LogP contribution in [0, 0.1) is 5.92 Å². The molecule has 2 rings (SSSR count). The maximum atomic E-state index is 12.5. The van der Waals surface area contributed by atoms with Gasteiger partial charge in [-0.3, -0.25) is 18.4 Å². The van der Waals surface area contributed by atoms with E-state index in [1.807, 2.05) is 19.1 Å². The Morgan fingerprint density at radius 1 is 0.839 bits per heavy atom. The molecule has 2 aromatic carbocycles. The molecule has 1 atom stereocenters. The Labute approximate surface area is 185 Å². The summed E-state index contributed by atoms with van der Waals surface area (Å²) in [6.07, 6.45) is 1.01. The van der Waals surface area contributed by atoms with Crippen LogP contribution in [-0.2, 0) is 36.0 Å². The fraction of sp³-hybridized carbons (Fsp3) is 0.458. The Morgan fingerprint density at radius 3 is 1.90 bits per heavy atom. The first-order chi connectivity index (χ1) is 14.8. The van der Waals surface area contributed by atoms with Crippen molar-refractivity contribution in [1.29, 1.82) is 0 Å². The van der Waals surface area contributed by atoms with Crippen molar-refractivity contribution in [3.05, 3.63) is 65.2 Å². The van der Waals surface area contributed by atoms with Crippen molar-refractivity contribution in [2.45, 2.75) is 53.6 Å². The van der Waals surface area contributed by atoms with Crippen LogP contribution in [0.4, 0.5) is 0 Å². The summed E-state index contributed by atoms with van der Waals surface area (Å²) in [6.45, 7) is 10.2. The maximum Gasteiger partial charge on any atom is 0.475 e. The van der Waals surface area contributed by atoms with Crippen LogP contribution in [0.3, 0.4) is 0 Å². The monoisotopic (exact) mass is 448 g/mol. The van der Waals surface area contributed by atoms with Gasteiger partial charge in [0.05, 0.1) is 25.7 Å². The first kappa shape index (κ1) is 25.3. The first-order valence-corrected chi connectivity index (χ1v) is 12.2. The number of benzene rings is 2. The van der Waals surface area contributed by atoms with Crippen molar-refractivity contribution < 1.29 is 27.7 Å². The molecule has 0 heterocycles. The molecule has 0 spiro atoms. The van der Waals surface area contributed by atoms with Gasteiger partial charge in [-0.05, 0) is 61.9 Å². The van der Waals surface area contributed by atoms with Crippen molar-refractivity contribution in [2.24, 2.45) is 5.92 Å². The lowest BCUT2D eigenvalue weighted by Crippen LogP contribution is -2.16. The van der Waals surface area contributed by atoms with Crippen LogP contribution < -0.4 is 4.74 Å². The van der Waals surface area contributed by atoms with Gasteiger partial charge in [-0.15, -0.1) is 0 Å². The topological polar surface area (TPSA) is 71.1 Å². The molecular formula is C24H33O6P. The van der Waals surface area contributed by atoms with E-state index in [4.69, 9.17) is 18.3 Å². The minimum atomic E-state index is -3.56. The molecule has 0 fully saturated rings. The van der Waals surface area contributed by atoms with Gasteiger partial charge in [0, 0.05) is 0 Å².